The van der Waals surface area contributed by atoms with Crippen LogP contribution in [0.25, 0.3) is 0 Å². The minimum absolute atomic E-state index is 0.230. The van der Waals surface area contributed by atoms with E-state index in [1.165, 1.54) is 0 Å². The zero-order valence-electron chi connectivity index (χ0n) is 11.9. The third kappa shape index (κ3) is 1.58. The van der Waals surface area contributed by atoms with Crippen molar-refractivity contribution in [3.63, 3.8) is 0 Å². The first-order valence-electron chi connectivity index (χ1n) is 7.09. The van der Waals surface area contributed by atoms with Gasteiger partial charge in [0.25, 0.3) is 0 Å². The second-order valence-electron chi connectivity index (χ2n) is 5.84. The van der Waals surface area contributed by atoms with Gasteiger partial charge in [0.2, 0.25) is 5.91 Å². The summed E-state index contributed by atoms with van der Waals surface area (Å²) < 4.78 is 10.9. The second-order valence-corrected chi connectivity index (χ2v) is 5.84. The number of amides is 1. The Labute approximate surface area is 126 Å². The van der Waals surface area contributed by atoms with Gasteiger partial charge in [-0.2, -0.15) is 0 Å². The van der Waals surface area contributed by atoms with E-state index in [1.807, 2.05) is 6.08 Å². The molecule has 0 aliphatic carbocycles. The van der Waals surface area contributed by atoms with Crippen molar-refractivity contribution in [3.8, 4) is 5.75 Å². The van der Waals surface area contributed by atoms with Crippen molar-refractivity contribution in [2.45, 2.75) is 11.7 Å². The van der Waals surface area contributed by atoms with Gasteiger partial charge < -0.3 is 24.3 Å². The first-order valence-corrected chi connectivity index (χ1v) is 7.09. The fourth-order valence-corrected chi connectivity index (χ4v) is 3.75. The molecule has 1 spiro atoms. The lowest BCUT2D eigenvalue weighted by atomic mass is 9.77. The highest BCUT2D eigenvalue weighted by Crippen LogP contribution is 2.52. The molecule has 6 heteroatoms. The Kier molecular flexibility index (Phi) is 2.62. The van der Waals surface area contributed by atoms with Crippen LogP contribution in [0.5, 0.6) is 5.75 Å². The Morgan fingerprint density at radius 1 is 1.41 bits per heavy atom. The molecule has 2 bridgehead atoms. The summed E-state index contributed by atoms with van der Waals surface area (Å²) in [5.74, 6) is -2.40. The van der Waals surface area contributed by atoms with Gasteiger partial charge in [-0.25, -0.2) is 0 Å². The molecule has 1 aromatic rings. The summed E-state index contributed by atoms with van der Waals surface area (Å²) in [5, 5.41) is 11.4. The number of carboxylic acids is 1. The van der Waals surface area contributed by atoms with Crippen LogP contribution in [0.15, 0.2) is 36.4 Å². The van der Waals surface area contributed by atoms with Crippen LogP contribution in [0.4, 0.5) is 5.69 Å². The zero-order valence-corrected chi connectivity index (χ0v) is 11.9. The molecule has 3 aliphatic heterocycles. The molecule has 0 N–H and O–H groups in total. The van der Waals surface area contributed by atoms with E-state index in [0.717, 1.165) is 0 Å². The van der Waals surface area contributed by atoms with Crippen LogP contribution in [-0.4, -0.2) is 37.2 Å². The molecule has 2 fully saturated rings. The van der Waals surface area contributed by atoms with Crippen molar-refractivity contribution in [2.24, 2.45) is 11.8 Å². The Hall–Kier alpha value is -2.34. The highest BCUT2D eigenvalue weighted by atomic mass is 16.5. The summed E-state index contributed by atoms with van der Waals surface area (Å²) >= 11 is 0. The number of hydrogen-bond donors (Lipinski definition) is 0. The van der Waals surface area contributed by atoms with Crippen molar-refractivity contribution in [1.82, 2.24) is 0 Å². The van der Waals surface area contributed by atoms with Gasteiger partial charge in [-0.05, 0) is 24.3 Å². The molecule has 4 rings (SSSR count). The lowest BCUT2D eigenvalue weighted by Crippen LogP contribution is -2.45. The average molecular weight is 300 g/mol. The number of anilines is 1. The predicted molar refractivity (Wildman–Crippen MR) is 74.1 cm³/mol. The summed E-state index contributed by atoms with van der Waals surface area (Å²) in [5.41, 5.74) is -0.140. The predicted octanol–water partition coefficient (Wildman–Crippen LogP) is -0.269. The number of carbonyl (C=O) groups is 2. The average Bonchev–Trinajstić information content (AvgIpc) is 3.15. The van der Waals surface area contributed by atoms with Gasteiger partial charge in [-0.1, -0.05) is 12.2 Å². The summed E-state index contributed by atoms with van der Waals surface area (Å²) in [6.07, 6.45) is 2.99. The minimum Gasteiger partial charge on any atom is -0.550 e. The number of benzene rings is 1. The van der Waals surface area contributed by atoms with E-state index in [1.54, 1.807) is 42.4 Å². The summed E-state index contributed by atoms with van der Waals surface area (Å²) in [7, 11) is 1.57. The third-order valence-electron chi connectivity index (χ3n) is 4.76. The van der Waals surface area contributed by atoms with Crippen molar-refractivity contribution in [3.05, 3.63) is 36.4 Å². The van der Waals surface area contributed by atoms with Crippen LogP contribution in [0.1, 0.15) is 0 Å². The van der Waals surface area contributed by atoms with Crippen LogP contribution in [0, 0.1) is 11.8 Å². The number of rotatable bonds is 3. The smallest absolute Gasteiger partial charge is 0.234 e. The Bertz CT molecular complexity index is 682. The Morgan fingerprint density at radius 2 is 2.14 bits per heavy atom. The first-order chi connectivity index (χ1) is 10.6. The molecule has 2 saturated heterocycles. The largest absolute Gasteiger partial charge is 0.550 e. The maximum absolute atomic E-state index is 12.7. The number of carboxylic acid groups (broad SMARTS) is 1. The zero-order chi connectivity index (χ0) is 15.5. The maximum Gasteiger partial charge on any atom is 0.234 e. The number of methoxy groups -OCH3 is 1. The molecule has 6 nitrogen and oxygen atoms in total. The molecule has 22 heavy (non-hydrogen) atoms. The number of carbonyl (C=O) groups excluding carboxylic acids is 2. The van der Waals surface area contributed by atoms with Crippen LogP contribution in [0.3, 0.4) is 0 Å². The van der Waals surface area contributed by atoms with Gasteiger partial charge >= 0.3 is 0 Å². The Morgan fingerprint density at radius 3 is 2.77 bits per heavy atom. The van der Waals surface area contributed by atoms with Gasteiger partial charge in [0.15, 0.2) is 0 Å². The monoisotopic (exact) mass is 300 g/mol. The van der Waals surface area contributed by atoms with E-state index in [0.29, 0.717) is 18.0 Å². The fraction of sp³-hybridized carbons (Fsp3) is 0.375. The van der Waals surface area contributed by atoms with E-state index >= 15 is 0 Å². The van der Waals surface area contributed by atoms with Gasteiger partial charge in [-0.3, -0.25) is 4.79 Å². The first kappa shape index (κ1) is 13.3. The number of nitrogens with zero attached hydrogens (tertiary/aromatic N) is 1. The second kappa shape index (κ2) is 4.33. The molecule has 3 heterocycles. The fourth-order valence-electron chi connectivity index (χ4n) is 3.75. The number of ether oxygens (including phenoxy) is 2. The standard InChI is InChI=1S/C16H15NO5/c1-21-10-4-2-9(3-5-10)17-8-16-7-6-11(22-16)12(15(19)20)13(16)14(17)18/h2-7,11-13H,8H2,1H3,(H,19,20)/p-1/t11-,12+,13-,16+/m1/s1. The molecule has 1 aromatic carbocycles. The van der Waals surface area contributed by atoms with E-state index in [9.17, 15) is 14.7 Å². The summed E-state index contributed by atoms with van der Waals surface area (Å²) in [6.45, 7) is 0.319. The van der Waals surface area contributed by atoms with Gasteiger partial charge in [0.05, 0.1) is 25.7 Å². The Balaban J connectivity index is 1.70. The highest BCUT2D eigenvalue weighted by Gasteiger charge is 2.65. The molecule has 0 radical (unpaired) electrons. The van der Waals surface area contributed by atoms with Gasteiger partial charge in [0.1, 0.15) is 11.4 Å². The quantitative estimate of drug-likeness (QED) is 0.718. The molecule has 0 aromatic heterocycles. The minimum atomic E-state index is -1.23. The molecule has 1 amide bonds. The lowest BCUT2D eigenvalue weighted by Gasteiger charge is -2.24. The SMILES string of the molecule is COc1ccc(N2C[C@]34C=C[C@@H](O3)[C@H](C(=O)[O-])[C@@H]4C2=O)cc1. The third-order valence-corrected chi connectivity index (χ3v) is 4.76. The molecule has 4 atom stereocenters. The molecule has 114 valence electrons. The summed E-state index contributed by atoms with van der Waals surface area (Å²) in [6, 6.07) is 7.08. The number of fused-ring (bicyclic) bond motifs is 1. The van der Waals surface area contributed by atoms with Crippen LogP contribution >= 0.6 is 0 Å². The van der Waals surface area contributed by atoms with E-state index in [4.69, 9.17) is 9.47 Å². The van der Waals surface area contributed by atoms with Crippen molar-refractivity contribution in [1.29, 1.82) is 0 Å². The topological polar surface area (TPSA) is 78.9 Å². The molecule has 0 saturated carbocycles. The van der Waals surface area contributed by atoms with Crippen LogP contribution in [0.2, 0.25) is 0 Å². The summed E-state index contributed by atoms with van der Waals surface area (Å²) in [4.78, 5) is 25.7. The normalized spacial score (nSPS) is 35.0. The number of aliphatic carboxylic acids is 1. The van der Waals surface area contributed by atoms with E-state index in [2.05, 4.69) is 0 Å². The molecule has 0 unspecified atom stereocenters. The van der Waals surface area contributed by atoms with Gasteiger partial charge in [0, 0.05) is 17.6 Å². The molecular formula is C16H14NO5-. The molecule has 3 aliphatic rings. The van der Waals surface area contributed by atoms with Crippen LogP contribution in [-0.2, 0) is 14.3 Å². The van der Waals surface area contributed by atoms with E-state index in [-0.39, 0.29) is 5.91 Å². The molecular weight excluding hydrogens is 286 g/mol. The van der Waals surface area contributed by atoms with Gasteiger partial charge in [-0.15, -0.1) is 0 Å². The number of hydrogen-bond acceptors (Lipinski definition) is 5. The van der Waals surface area contributed by atoms with E-state index < -0.39 is 29.5 Å². The van der Waals surface area contributed by atoms with Crippen molar-refractivity contribution >= 4 is 17.6 Å². The van der Waals surface area contributed by atoms with Crippen LogP contribution < -0.4 is 14.7 Å². The lowest BCUT2D eigenvalue weighted by molar-refractivity contribution is -0.313. The van der Waals surface area contributed by atoms with Crippen molar-refractivity contribution < 1.29 is 24.2 Å². The highest BCUT2D eigenvalue weighted by molar-refractivity contribution is 6.02. The van der Waals surface area contributed by atoms with Crippen molar-refractivity contribution in [2.75, 3.05) is 18.6 Å². The maximum atomic E-state index is 12.7.